The predicted octanol–water partition coefficient (Wildman–Crippen LogP) is 2.69. The third-order valence-corrected chi connectivity index (χ3v) is 1.01. The van der Waals surface area contributed by atoms with Crippen molar-refractivity contribution in [1.82, 2.24) is 4.98 Å². The normalized spacial score (nSPS) is 8.45. The molecule has 0 aliphatic heterocycles. The minimum absolute atomic E-state index is 0.280. The van der Waals surface area contributed by atoms with E-state index in [1.807, 2.05) is 13.8 Å². The average Bonchev–Trinajstić information content (AvgIpc) is 2.02. The minimum Gasteiger partial charge on any atom is -0.225 e. The second kappa shape index (κ2) is 4.77. The Labute approximate surface area is 65.1 Å². The lowest BCUT2D eigenvalue weighted by atomic mass is 10.3. The second-order valence-corrected chi connectivity index (χ2v) is 1.76. The predicted molar refractivity (Wildman–Crippen MR) is 40.2 cm³/mol. The smallest absolute Gasteiger partial charge is 0.213 e. The molecule has 0 aromatic carbocycles. The highest BCUT2D eigenvalue weighted by Gasteiger charge is 1.96. The van der Waals surface area contributed by atoms with E-state index in [1.54, 1.807) is 0 Å². The van der Waals surface area contributed by atoms with Crippen molar-refractivity contribution < 1.29 is 8.78 Å². The molecule has 0 aliphatic rings. The summed E-state index contributed by atoms with van der Waals surface area (Å²) in [6, 6.07) is 1.05. The molecule has 0 bridgehead atoms. The maximum atomic E-state index is 12.3. The van der Waals surface area contributed by atoms with Gasteiger partial charge in [0.05, 0.1) is 6.20 Å². The van der Waals surface area contributed by atoms with Gasteiger partial charge in [-0.3, -0.25) is 0 Å². The number of aryl methyl sites for hydroxylation is 1. The van der Waals surface area contributed by atoms with Crippen LogP contribution in [0.25, 0.3) is 0 Å². The van der Waals surface area contributed by atoms with Crippen molar-refractivity contribution in [3.05, 3.63) is 29.6 Å². The van der Waals surface area contributed by atoms with E-state index in [9.17, 15) is 8.78 Å². The van der Waals surface area contributed by atoms with Gasteiger partial charge in [0, 0.05) is 0 Å². The summed E-state index contributed by atoms with van der Waals surface area (Å²) in [5, 5.41) is 0. The first-order valence-electron chi connectivity index (χ1n) is 3.48. The van der Waals surface area contributed by atoms with Crippen LogP contribution in [0.3, 0.4) is 0 Å². The van der Waals surface area contributed by atoms with E-state index in [2.05, 4.69) is 4.98 Å². The number of nitrogens with zero attached hydrogens (tertiary/aromatic N) is 1. The molecule has 3 heteroatoms. The summed E-state index contributed by atoms with van der Waals surface area (Å²) in [6.07, 6.45) is 0.866. The first-order chi connectivity index (χ1) is 5.20. The molecule has 1 rings (SSSR count). The zero-order valence-electron chi connectivity index (χ0n) is 6.86. The quantitative estimate of drug-likeness (QED) is 0.530. The van der Waals surface area contributed by atoms with Gasteiger partial charge in [-0.1, -0.05) is 13.8 Å². The fourth-order valence-electron chi connectivity index (χ4n) is 0.505. The fourth-order valence-corrected chi connectivity index (χ4v) is 0.505. The molecule has 0 amide bonds. The third-order valence-electron chi connectivity index (χ3n) is 1.01. The zero-order chi connectivity index (χ0) is 8.85. The van der Waals surface area contributed by atoms with Crippen LogP contribution >= 0.6 is 0 Å². The Morgan fingerprint density at radius 3 is 2.18 bits per heavy atom. The molecule has 0 saturated carbocycles. The molecule has 0 atom stereocenters. The summed E-state index contributed by atoms with van der Waals surface area (Å²) in [5.74, 6) is -1.12. The zero-order valence-corrected chi connectivity index (χ0v) is 6.86. The van der Waals surface area contributed by atoms with Crippen LogP contribution in [0.1, 0.15) is 19.4 Å². The number of halogens is 2. The Balaban J connectivity index is 0.000000461. The number of hydrogen-bond acceptors (Lipinski definition) is 1. The lowest BCUT2D eigenvalue weighted by molar-refractivity contribution is 0.554. The highest BCUT2D eigenvalue weighted by Crippen LogP contribution is 2.03. The van der Waals surface area contributed by atoms with Gasteiger partial charge in [-0.25, -0.2) is 9.37 Å². The van der Waals surface area contributed by atoms with E-state index < -0.39 is 11.8 Å². The van der Waals surface area contributed by atoms with Crippen molar-refractivity contribution in [3.8, 4) is 0 Å². The highest BCUT2D eigenvalue weighted by atomic mass is 19.1. The number of rotatable bonds is 0. The first kappa shape index (κ1) is 10.0. The molecule has 0 saturated heterocycles. The molecule has 0 fully saturated rings. The Morgan fingerprint density at radius 2 is 1.82 bits per heavy atom. The van der Waals surface area contributed by atoms with Crippen molar-refractivity contribution >= 4 is 0 Å². The van der Waals surface area contributed by atoms with Crippen LogP contribution < -0.4 is 0 Å². The lowest BCUT2D eigenvalue weighted by Gasteiger charge is -1.91. The summed E-state index contributed by atoms with van der Waals surface area (Å²) in [6.45, 7) is 5.49. The van der Waals surface area contributed by atoms with E-state index in [-0.39, 0.29) is 5.56 Å². The molecular formula is C8H11F2N. The summed E-state index contributed by atoms with van der Waals surface area (Å²) < 4.78 is 24.3. The fraction of sp³-hybridized carbons (Fsp3) is 0.375. The summed E-state index contributed by atoms with van der Waals surface area (Å²) in [4.78, 5) is 3.10. The molecule has 62 valence electrons. The molecule has 0 N–H and O–H groups in total. The minimum atomic E-state index is -0.645. The van der Waals surface area contributed by atoms with Gasteiger partial charge in [0.25, 0.3) is 0 Å². The molecular weight excluding hydrogens is 148 g/mol. The SMILES string of the molecule is CC.Cc1cc(F)ncc1F. The molecule has 1 nitrogen and oxygen atoms in total. The van der Waals surface area contributed by atoms with Gasteiger partial charge in [0.15, 0.2) is 0 Å². The van der Waals surface area contributed by atoms with E-state index >= 15 is 0 Å². The number of hydrogen-bond donors (Lipinski definition) is 0. The second-order valence-electron chi connectivity index (χ2n) is 1.76. The van der Waals surface area contributed by atoms with E-state index in [0.29, 0.717) is 0 Å². The number of aromatic nitrogens is 1. The van der Waals surface area contributed by atoms with Crippen molar-refractivity contribution in [3.63, 3.8) is 0 Å². The largest absolute Gasteiger partial charge is 0.225 e. The molecule has 11 heavy (non-hydrogen) atoms. The van der Waals surface area contributed by atoms with E-state index in [1.165, 1.54) is 6.92 Å². The lowest BCUT2D eigenvalue weighted by Crippen LogP contribution is -1.87. The van der Waals surface area contributed by atoms with E-state index in [4.69, 9.17) is 0 Å². The Hall–Kier alpha value is -0.990. The Morgan fingerprint density at radius 1 is 1.27 bits per heavy atom. The van der Waals surface area contributed by atoms with Crippen LogP contribution in [-0.2, 0) is 0 Å². The van der Waals surface area contributed by atoms with Crippen LogP contribution in [-0.4, -0.2) is 4.98 Å². The number of pyridine rings is 1. The molecule has 1 heterocycles. The van der Waals surface area contributed by atoms with Gasteiger partial charge in [-0.15, -0.1) is 0 Å². The summed E-state index contributed by atoms with van der Waals surface area (Å²) in [5.41, 5.74) is 0.280. The standard InChI is InChI=1S/C6H5F2N.C2H6/c1-4-2-6(8)9-3-5(4)7;1-2/h2-3H,1H3;1-2H3. The summed E-state index contributed by atoms with van der Waals surface area (Å²) in [7, 11) is 0. The van der Waals surface area contributed by atoms with Crippen LogP contribution in [0.5, 0.6) is 0 Å². The van der Waals surface area contributed by atoms with Crippen molar-refractivity contribution in [2.45, 2.75) is 20.8 Å². The van der Waals surface area contributed by atoms with Crippen molar-refractivity contribution in [2.75, 3.05) is 0 Å². The van der Waals surface area contributed by atoms with Gasteiger partial charge < -0.3 is 0 Å². The topological polar surface area (TPSA) is 12.9 Å². The van der Waals surface area contributed by atoms with Gasteiger partial charge in [-0.2, -0.15) is 4.39 Å². The van der Waals surface area contributed by atoms with Crippen LogP contribution in [0.15, 0.2) is 12.3 Å². The average molecular weight is 159 g/mol. The first-order valence-corrected chi connectivity index (χ1v) is 3.48. The molecule has 0 unspecified atom stereocenters. The van der Waals surface area contributed by atoms with Crippen LogP contribution in [0.4, 0.5) is 8.78 Å². The Kier molecular flexibility index (Phi) is 4.34. The molecule has 1 aromatic rings. The van der Waals surface area contributed by atoms with Crippen molar-refractivity contribution in [2.24, 2.45) is 0 Å². The monoisotopic (exact) mass is 159 g/mol. The molecule has 0 spiro atoms. The van der Waals surface area contributed by atoms with E-state index in [0.717, 1.165) is 12.3 Å². The van der Waals surface area contributed by atoms with Crippen LogP contribution in [0.2, 0.25) is 0 Å². The summed E-state index contributed by atoms with van der Waals surface area (Å²) >= 11 is 0. The van der Waals surface area contributed by atoms with Gasteiger partial charge in [-0.05, 0) is 18.6 Å². The molecule has 0 aliphatic carbocycles. The maximum absolute atomic E-state index is 12.3. The third kappa shape index (κ3) is 3.07. The van der Waals surface area contributed by atoms with Gasteiger partial charge in [0.1, 0.15) is 5.82 Å². The van der Waals surface area contributed by atoms with Gasteiger partial charge in [0.2, 0.25) is 5.95 Å². The Bertz CT molecular complexity index is 223. The van der Waals surface area contributed by atoms with Gasteiger partial charge >= 0.3 is 0 Å². The van der Waals surface area contributed by atoms with Crippen molar-refractivity contribution in [1.29, 1.82) is 0 Å². The molecule has 0 radical (unpaired) electrons. The molecule has 1 aromatic heterocycles. The highest BCUT2D eigenvalue weighted by molar-refractivity contribution is 5.10. The maximum Gasteiger partial charge on any atom is 0.213 e. The van der Waals surface area contributed by atoms with Crippen LogP contribution in [0, 0.1) is 18.7 Å².